The van der Waals surface area contributed by atoms with Gasteiger partial charge in [-0.1, -0.05) is 12.1 Å². The molecular weight excluding hydrogens is 236 g/mol. The van der Waals surface area contributed by atoms with E-state index in [4.69, 9.17) is 5.73 Å². The number of carbonyl (C=O) groups excluding carboxylic acids is 2. The zero-order valence-electron chi connectivity index (χ0n) is 9.55. The van der Waals surface area contributed by atoms with Gasteiger partial charge in [0.05, 0.1) is 5.69 Å². The summed E-state index contributed by atoms with van der Waals surface area (Å²) in [5.41, 5.74) is 6.08. The molecular formula is C12H14N2O2S. The Hall–Kier alpha value is -1.49. The van der Waals surface area contributed by atoms with Crippen LogP contribution in [0.1, 0.15) is 13.3 Å². The van der Waals surface area contributed by atoms with E-state index < -0.39 is 11.9 Å². The lowest BCUT2D eigenvalue weighted by Gasteiger charge is -2.27. The average molecular weight is 250 g/mol. The second-order valence-electron chi connectivity index (χ2n) is 3.91. The number of para-hydroxylation sites is 1. The molecule has 1 heterocycles. The van der Waals surface area contributed by atoms with Crippen LogP contribution >= 0.6 is 11.8 Å². The number of nitrogens with two attached hydrogens (primary N) is 1. The van der Waals surface area contributed by atoms with Crippen LogP contribution in [0.3, 0.4) is 0 Å². The highest BCUT2D eigenvalue weighted by atomic mass is 32.2. The van der Waals surface area contributed by atoms with Gasteiger partial charge in [0.1, 0.15) is 6.04 Å². The second kappa shape index (κ2) is 4.79. The van der Waals surface area contributed by atoms with Gasteiger partial charge in [-0.05, 0) is 19.1 Å². The standard InChI is InChI=1S/C12H14N2O2S/c1-8(12(13)16)14-9-4-2-3-5-10(9)17-7-6-11(14)15/h2-5,8H,6-7H2,1H3,(H2,13,16). The van der Waals surface area contributed by atoms with Crippen LogP contribution in [0.5, 0.6) is 0 Å². The highest BCUT2D eigenvalue weighted by Gasteiger charge is 2.29. The van der Waals surface area contributed by atoms with Crippen molar-refractivity contribution in [1.82, 2.24) is 0 Å². The molecule has 0 fully saturated rings. The van der Waals surface area contributed by atoms with Crippen molar-refractivity contribution in [1.29, 1.82) is 0 Å². The minimum atomic E-state index is -0.609. The molecule has 0 saturated carbocycles. The van der Waals surface area contributed by atoms with Crippen molar-refractivity contribution < 1.29 is 9.59 Å². The minimum Gasteiger partial charge on any atom is -0.368 e. The molecule has 2 N–H and O–H groups in total. The molecule has 0 bridgehead atoms. The van der Waals surface area contributed by atoms with Crippen LogP contribution < -0.4 is 10.6 Å². The molecule has 1 aliphatic rings. The molecule has 17 heavy (non-hydrogen) atoms. The Morgan fingerprint density at radius 2 is 2.18 bits per heavy atom. The predicted molar refractivity (Wildman–Crippen MR) is 67.9 cm³/mol. The summed E-state index contributed by atoms with van der Waals surface area (Å²) in [6, 6.07) is 6.99. The van der Waals surface area contributed by atoms with E-state index in [0.717, 1.165) is 16.3 Å². The van der Waals surface area contributed by atoms with Gasteiger partial charge in [-0.25, -0.2) is 0 Å². The summed E-state index contributed by atoms with van der Waals surface area (Å²) in [5.74, 6) is 0.200. The van der Waals surface area contributed by atoms with E-state index in [1.165, 1.54) is 4.90 Å². The number of benzene rings is 1. The molecule has 5 heteroatoms. The van der Waals surface area contributed by atoms with E-state index in [1.807, 2.05) is 24.3 Å². The molecule has 0 radical (unpaired) electrons. The lowest BCUT2D eigenvalue weighted by molar-refractivity contribution is -0.124. The molecule has 4 nitrogen and oxygen atoms in total. The summed E-state index contributed by atoms with van der Waals surface area (Å²) < 4.78 is 0. The van der Waals surface area contributed by atoms with Crippen LogP contribution in [0.4, 0.5) is 5.69 Å². The van der Waals surface area contributed by atoms with Gasteiger partial charge >= 0.3 is 0 Å². The monoisotopic (exact) mass is 250 g/mol. The van der Waals surface area contributed by atoms with Crippen molar-refractivity contribution in [3.8, 4) is 0 Å². The van der Waals surface area contributed by atoms with Gasteiger partial charge in [0, 0.05) is 17.1 Å². The summed E-state index contributed by atoms with van der Waals surface area (Å²) in [7, 11) is 0. The van der Waals surface area contributed by atoms with Crippen molar-refractivity contribution in [3.63, 3.8) is 0 Å². The number of carbonyl (C=O) groups is 2. The highest BCUT2D eigenvalue weighted by molar-refractivity contribution is 7.99. The molecule has 1 aromatic carbocycles. The van der Waals surface area contributed by atoms with E-state index in [9.17, 15) is 9.59 Å². The number of hydrogen-bond donors (Lipinski definition) is 1. The lowest BCUT2D eigenvalue weighted by Crippen LogP contribution is -2.46. The first-order valence-corrected chi connectivity index (χ1v) is 6.43. The molecule has 2 amide bonds. The van der Waals surface area contributed by atoms with E-state index in [2.05, 4.69) is 0 Å². The van der Waals surface area contributed by atoms with Gasteiger partial charge in [0.25, 0.3) is 0 Å². The van der Waals surface area contributed by atoms with Gasteiger partial charge < -0.3 is 5.73 Å². The molecule has 1 aliphatic heterocycles. The van der Waals surface area contributed by atoms with E-state index >= 15 is 0 Å². The van der Waals surface area contributed by atoms with Gasteiger partial charge in [-0.2, -0.15) is 0 Å². The quantitative estimate of drug-likeness (QED) is 0.862. The van der Waals surface area contributed by atoms with Gasteiger partial charge in [0.2, 0.25) is 11.8 Å². The molecule has 1 atom stereocenters. The summed E-state index contributed by atoms with van der Waals surface area (Å²) in [4.78, 5) is 25.8. The molecule has 0 spiro atoms. The zero-order valence-corrected chi connectivity index (χ0v) is 10.4. The lowest BCUT2D eigenvalue weighted by atomic mass is 10.2. The van der Waals surface area contributed by atoms with Crippen LogP contribution in [0.2, 0.25) is 0 Å². The maximum atomic E-state index is 12.0. The van der Waals surface area contributed by atoms with Gasteiger partial charge in [-0.3, -0.25) is 14.5 Å². The number of rotatable bonds is 2. The number of nitrogens with zero attached hydrogens (tertiary/aromatic N) is 1. The van der Waals surface area contributed by atoms with Crippen LogP contribution in [0.25, 0.3) is 0 Å². The zero-order chi connectivity index (χ0) is 12.4. The first-order valence-electron chi connectivity index (χ1n) is 5.44. The van der Waals surface area contributed by atoms with Gasteiger partial charge in [-0.15, -0.1) is 11.8 Å². The minimum absolute atomic E-state index is 0.0475. The fourth-order valence-electron chi connectivity index (χ4n) is 1.83. The molecule has 1 unspecified atom stereocenters. The second-order valence-corrected chi connectivity index (χ2v) is 5.05. The van der Waals surface area contributed by atoms with Crippen LogP contribution in [-0.4, -0.2) is 23.6 Å². The Kier molecular flexibility index (Phi) is 3.38. The van der Waals surface area contributed by atoms with Crippen molar-refractivity contribution in [2.75, 3.05) is 10.7 Å². The summed E-state index contributed by atoms with van der Waals surface area (Å²) >= 11 is 1.63. The Labute approximate surface area is 104 Å². The van der Waals surface area contributed by atoms with Crippen LogP contribution in [0, 0.1) is 0 Å². The number of thioether (sulfide) groups is 1. The van der Waals surface area contributed by atoms with Crippen molar-refractivity contribution in [3.05, 3.63) is 24.3 Å². The number of anilines is 1. The van der Waals surface area contributed by atoms with E-state index in [1.54, 1.807) is 18.7 Å². The van der Waals surface area contributed by atoms with Crippen molar-refractivity contribution in [2.24, 2.45) is 5.73 Å². The van der Waals surface area contributed by atoms with Crippen molar-refractivity contribution in [2.45, 2.75) is 24.3 Å². The molecule has 0 aromatic heterocycles. The summed E-state index contributed by atoms with van der Waals surface area (Å²) in [6.45, 7) is 1.66. The molecule has 2 rings (SSSR count). The van der Waals surface area contributed by atoms with Crippen LogP contribution in [0.15, 0.2) is 29.2 Å². The topological polar surface area (TPSA) is 63.4 Å². The third-order valence-corrected chi connectivity index (χ3v) is 3.83. The molecule has 90 valence electrons. The first kappa shape index (κ1) is 12.0. The Morgan fingerprint density at radius 3 is 2.88 bits per heavy atom. The van der Waals surface area contributed by atoms with E-state index in [-0.39, 0.29) is 5.91 Å². The average Bonchev–Trinajstić information content (AvgIpc) is 2.46. The Morgan fingerprint density at radius 1 is 1.47 bits per heavy atom. The predicted octanol–water partition coefficient (Wildman–Crippen LogP) is 1.39. The fraction of sp³-hybridized carbons (Fsp3) is 0.333. The van der Waals surface area contributed by atoms with Crippen molar-refractivity contribution >= 4 is 29.3 Å². The maximum absolute atomic E-state index is 12.0. The maximum Gasteiger partial charge on any atom is 0.240 e. The third-order valence-electron chi connectivity index (χ3n) is 2.77. The molecule has 0 saturated heterocycles. The first-order chi connectivity index (χ1) is 8.11. The SMILES string of the molecule is CC(C(N)=O)N1C(=O)CCSc2ccccc21. The normalized spacial score (nSPS) is 17.2. The number of hydrogen-bond acceptors (Lipinski definition) is 3. The highest BCUT2D eigenvalue weighted by Crippen LogP contribution is 2.34. The molecule has 0 aliphatic carbocycles. The smallest absolute Gasteiger partial charge is 0.240 e. The fourth-order valence-corrected chi connectivity index (χ4v) is 2.82. The van der Waals surface area contributed by atoms with E-state index in [0.29, 0.717) is 6.42 Å². The Bertz CT molecular complexity index is 462. The van der Waals surface area contributed by atoms with Gasteiger partial charge in [0.15, 0.2) is 0 Å². The number of primary amides is 1. The third kappa shape index (κ3) is 2.29. The summed E-state index contributed by atoms with van der Waals surface area (Å²) in [6.07, 6.45) is 0.428. The largest absolute Gasteiger partial charge is 0.368 e. The Balaban J connectivity index is 2.47. The number of fused-ring (bicyclic) bond motifs is 1. The van der Waals surface area contributed by atoms with Crippen LogP contribution in [-0.2, 0) is 9.59 Å². The number of amides is 2. The molecule has 1 aromatic rings. The summed E-state index contributed by atoms with van der Waals surface area (Å²) in [5, 5.41) is 0.